The van der Waals surface area contributed by atoms with E-state index in [0.717, 1.165) is 0 Å². The first kappa shape index (κ1) is 17.7. The van der Waals surface area contributed by atoms with E-state index in [9.17, 15) is 21.9 Å². The van der Waals surface area contributed by atoms with Gasteiger partial charge in [-0.3, -0.25) is 14.0 Å². The molecule has 0 heterocycles. The van der Waals surface area contributed by atoms with Gasteiger partial charge < -0.3 is 5.11 Å². The Hall–Kier alpha value is -0.260. The van der Waals surface area contributed by atoms with Crippen molar-refractivity contribution in [1.29, 1.82) is 0 Å². The molecule has 1 unspecified atom stereocenters. The van der Waals surface area contributed by atoms with Gasteiger partial charge in [0.1, 0.15) is 0 Å². The fraction of sp³-hybridized carbons (Fsp3) is 1.00. The Morgan fingerprint density at radius 2 is 1.50 bits per heavy atom. The van der Waals surface area contributed by atoms with Gasteiger partial charge >= 0.3 is 0 Å². The molecule has 10 heteroatoms. The monoisotopic (exact) mass is 305 g/mol. The van der Waals surface area contributed by atoms with Crippen molar-refractivity contribution in [2.45, 2.75) is 19.4 Å². The Morgan fingerprint density at radius 1 is 1.00 bits per heavy atom. The second-order valence-electron chi connectivity index (χ2n) is 4.08. The molecule has 0 aliphatic heterocycles. The molecule has 1 atom stereocenters. The second kappa shape index (κ2) is 7.36. The zero-order valence-electron chi connectivity index (χ0n) is 10.1. The lowest BCUT2D eigenvalue weighted by molar-refractivity contribution is 0.130. The first-order valence-corrected chi connectivity index (χ1v) is 8.52. The SMILES string of the molecule is CC(O)CN(CCCS(=O)(=O)O)CCS(=O)(=O)O. The van der Waals surface area contributed by atoms with Crippen LogP contribution in [0.15, 0.2) is 0 Å². The Balaban J connectivity index is 4.23. The van der Waals surface area contributed by atoms with Crippen molar-refractivity contribution in [2.24, 2.45) is 0 Å². The third-order valence-electron chi connectivity index (χ3n) is 2.06. The molecule has 0 aliphatic rings. The van der Waals surface area contributed by atoms with E-state index in [1.807, 2.05) is 0 Å². The summed E-state index contributed by atoms with van der Waals surface area (Å²) < 4.78 is 59.3. The minimum atomic E-state index is -4.10. The minimum absolute atomic E-state index is 0.0186. The van der Waals surface area contributed by atoms with Crippen molar-refractivity contribution in [3.63, 3.8) is 0 Å². The summed E-state index contributed by atoms with van der Waals surface area (Å²) in [5, 5.41) is 9.19. The maximum absolute atomic E-state index is 10.6. The molecule has 0 amide bonds. The number of aliphatic hydroxyl groups excluding tert-OH is 1. The summed E-state index contributed by atoms with van der Waals surface area (Å²) in [6.07, 6.45) is -0.603. The van der Waals surface area contributed by atoms with Crippen LogP contribution in [0.5, 0.6) is 0 Å². The standard InChI is InChI=1S/C8H19NO7S2/c1-8(10)7-9(4-6-18(14,15)16)3-2-5-17(11,12)13/h8,10H,2-7H2,1H3,(H,11,12,13)(H,14,15,16). The molecule has 0 bridgehead atoms. The Labute approximate surface area is 107 Å². The van der Waals surface area contributed by atoms with E-state index in [2.05, 4.69) is 0 Å². The van der Waals surface area contributed by atoms with Gasteiger partial charge in [0.05, 0.1) is 17.6 Å². The molecule has 0 aromatic rings. The molecule has 110 valence electrons. The van der Waals surface area contributed by atoms with Crippen molar-refractivity contribution in [3.8, 4) is 0 Å². The van der Waals surface area contributed by atoms with Crippen LogP contribution in [-0.2, 0) is 20.2 Å². The summed E-state index contributed by atoms with van der Waals surface area (Å²) in [7, 11) is -8.15. The van der Waals surface area contributed by atoms with Crippen LogP contribution >= 0.6 is 0 Å². The molecule has 3 N–H and O–H groups in total. The van der Waals surface area contributed by atoms with E-state index in [1.54, 1.807) is 0 Å². The normalized spacial score (nSPS) is 14.9. The fourth-order valence-electron chi connectivity index (χ4n) is 1.38. The molecule has 0 fully saturated rings. The first-order chi connectivity index (χ1) is 7.99. The number of aliphatic hydroxyl groups is 1. The van der Waals surface area contributed by atoms with E-state index >= 15 is 0 Å². The van der Waals surface area contributed by atoms with Crippen LogP contribution in [0.3, 0.4) is 0 Å². The van der Waals surface area contributed by atoms with Gasteiger partial charge in [0.15, 0.2) is 0 Å². The quantitative estimate of drug-likeness (QED) is 0.454. The van der Waals surface area contributed by atoms with Gasteiger partial charge in [-0.15, -0.1) is 0 Å². The molecule has 0 aromatic heterocycles. The zero-order valence-corrected chi connectivity index (χ0v) is 11.7. The Kier molecular flexibility index (Phi) is 7.25. The van der Waals surface area contributed by atoms with Crippen molar-refractivity contribution in [3.05, 3.63) is 0 Å². The molecular formula is C8H19NO7S2. The molecule has 0 aliphatic carbocycles. The number of nitrogens with zero attached hydrogens (tertiary/aromatic N) is 1. The molecular weight excluding hydrogens is 286 g/mol. The maximum atomic E-state index is 10.6. The topological polar surface area (TPSA) is 132 Å². The summed E-state index contributed by atoms with van der Waals surface area (Å²) >= 11 is 0. The highest BCUT2D eigenvalue weighted by atomic mass is 32.2. The number of rotatable bonds is 9. The summed E-state index contributed by atoms with van der Waals surface area (Å²) in [4.78, 5) is 1.50. The van der Waals surface area contributed by atoms with Crippen LogP contribution < -0.4 is 0 Å². The summed E-state index contributed by atoms with van der Waals surface area (Å²) in [6, 6.07) is 0. The van der Waals surface area contributed by atoms with Gasteiger partial charge in [0.25, 0.3) is 20.2 Å². The lowest BCUT2D eigenvalue weighted by Gasteiger charge is -2.22. The Morgan fingerprint density at radius 3 is 1.89 bits per heavy atom. The van der Waals surface area contributed by atoms with Crippen LogP contribution in [-0.4, -0.2) is 73.2 Å². The molecule has 0 spiro atoms. The van der Waals surface area contributed by atoms with Crippen LogP contribution in [0.1, 0.15) is 13.3 Å². The van der Waals surface area contributed by atoms with E-state index < -0.39 is 37.8 Å². The molecule has 0 aromatic carbocycles. The van der Waals surface area contributed by atoms with Crippen molar-refractivity contribution in [1.82, 2.24) is 4.90 Å². The van der Waals surface area contributed by atoms with Crippen molar-refractivity contribution >= 4 is 20.2 Å². The van der Waals surface area contributed by atoms with Crippen molar-refractivity contribution in [2.75, 3.05) is 31.1 Å². The molecule has 8 nitrogen and oxygen atoms in total. The number of hydrogen-bond donors (Lipinski definition) is 3. The smallest absolute Gasteiger partial charge is 0.266 e. The van der Waals surface area contributed by atoms with Gasteiger partial charge in [0.2, 0.25) is 0 Å². The minimum Gasteiger partial charge on any atom is -0.392 e. The second-order valence-corrected chi connectivity index (χ2v) is 7.22. The van der Waals surface area contributed by atoms with Gasteiger partial charge in [-0.1, -0.05) is 0 Å². The van der Waals surface area contributed by atoms with E-state index in [4.69, 9.17) is 9.11 Å². The molecule has 0 saturated carbocycles. The van der Waals surface area contributed by atoms with Gasteiger partial charge in [0, 0.05) is 13.1 Å². The predicted octanol–water partition coefficient (Wildman–Crippen LogP) is -1.17. The van der Waals surface area contributed by atoms with Gasteiger partial charge in [-0.25, -0.2) is 0 Å². The lowest BCUT2D eigenvalue weighted by Crippen LogP contribution is -2.36. The number of hydrogen-bond acceptors (Lipinski definition) is 6. The van der Waals surface area contributed by atoms with E-state index in [0.29, 0.717) is 0 Å². The summed E-state index contributed by atoms with van der Waals surface area (Å²) in [5.74, 6) is -0.930. The average molecular weight is 305 g/mol. The molecule has 0 radical (unpaired) electrons. The van der Waals surface area contributed by atoms with Crippen molar-refractivity contribution < 1.29 is 31.0 Å². The highest BCUT2D eigenvalue weighted by Gasteiger charge is 2.14. The third kappa shape index (κ3) is 12.2. The summed E-state index contributed by atoms with van der Waals surface area (Å²) in [5.41, 5.74) is 0. The molecule has 0 saturated heterocycles. The summed E-state index contributed by atoms with van der Waals surface area (Å²) in [6.45, 7) is 1.83. The largest absolute Gasteiger partial charge is 0.392 e. The highest BCUT2D eigenvalue weighted by molar-refractivity contribution is 7.86. The lowest BCUT2D eigenvalue weighted by atomic mass is 10.3. The average Bonchev–Trinajstić information content (AvgIpc) is 2.09. The van der Waals surface area contributed by atoms with Crippen LogP contribution in [0.25, 0.3) is 0 Å². The van der Waals surface area contributed by atoms with Crippen LogP contribution in [0.4, 0.5) is 0 Å². The van der Waals surface area contributed by atoms with Crippen LogP contribution in [0.2, 0.25) is 0 Å². The third-order valence-corrected chi connectivity index (χ3v) is 3.57. The Bertz CT molecular complexity index is 428. The molecule has 18 heavy (non-hydrogen) atoms. The van der Waals surface area contributed by atoms with E-state index in [1.165, 1.54) is 11.8 Å². The van der Waals surface area contributed by atoms with Gasteiger partial charge in [-0.2, -0.15) is 16.8 Å². The van der Waals surface area contributed by atoms with E-state index in [-0.39, 0.29) is 26.1 Å². The highest BCUT2D eigenvalue weighted by Crippen LogP contribution is 1.98. The fourth-order valence-corrected chi connectivity index (χ4v) is 2.37. The molecule has 0 rings (SSSR count). The zero-order chi connectivity index (χ0) is 14.4. The maximum Gasteiger partial charge on any atom is 0.266 e. The predicted molar refractivity (Wildman–Crippen MR) is 65.6 cm³/mol. The van der Waals surface area contributed by atoms with Gasteiger partial charge in [-0.05, 0) is 19.9 Å². The van der Waals surface area contributed by atoms with Crippen LogP contribution in [0, 0.1) is 0 Å². The first-order valence-electron chi connectivity index (χ1n) is 5.30.